The predicted molar refractivity (Wildman–Crippen MR) is 70.4 cm³/mol. The molecule has 2 radical (unpaired) electrons. The summed E-state index contributed by atoms with van der Waals surface area (Å²) in [5.74, 6) is 0. The van der Waals surface area contributed by atoms with E-state index in [1.165, 1.54) is 11.3 Å². The summed E-state index contributed by atoms with van der Waals surface area (Å²) >= 11 is 0. The molecular formula is C13H19BN2. The third-order valence-corrected chi connectivity index (χ3v) is 3.39. The first-order valence-electron chi connectivity index (χ1n) is 6.03. The summed E-state index contributed by atoms with van der Waals surface area (Å²) < 4.78 is 0. The highest BCUT2D eigenvalue weighted by atomic mass is 14.9. The van der Waals surface area contributed by atoms with Gasteiger partial charge in [-0.25, -0.2) is 0 Å². The van der Waals surface area contributed by atoms with Crippen molar-refractivity contribution in [3.8, 4) is 0 Å². The van der Waals surface area contributed by atoms with Gasteiger partial charge in [0.25, 0.3) is 0 Å². The lowest BCUT2D eigenvalue weighted by Gasteiger charge is -2.28. The second-order valence-electron chi connectivity index (χ2n) is 4.83. The maximum atomic E-state index is 5.90. The van der Waals surface area contributed by atoms with E-state index >= 15 is 0 Å². The molecule has 1 aliphatic rings. The molecule has 3 N–H and O–H groups in total. The zero-order chi connectivity index (χ0) is 11.5. The van der Waals surface area contributed by atoms with E-state index < -0.39 is 0 Å². The zero-order valence-corrected chi connectivity index (χ0v) is 9.87. The van der Waals surface area contributed by atoms with Gasteiger partial charge >= 0.3 is 0 Å². The van der Waals surface area contributed by atoms with Gasteiger partial charge in [0, 0.05) is 17.8 Å². The summed E-state index contributed by atoms with van der Waals surface area (Å²) in [6.07, 6.45) is 4.57. The molecule has 2 nitrogen and oxygen atoms in total. The number of nitrogens with one attached hydrogen (secondary N) is 1. The highest BCUT2D eigenvalue weighted by Crippen LogP contribution is 2.22. The molecule has 1 aromatic rings. The summed E-state index contributed by atoms with van der Waals surface area (Å²) in [7, 11) is 5.79. The third-order valence-electron chi connectivity index (χ3n) is 3.39. The van der Waals surface area contributed by atoms with Crippen LogP contribution in [0, 0.1) is 6.92 Å². The van der Waals surface area contributed by atoms with Gasteiger partial charge in [0.05, 0.1) is 0 Å². The van der Waals surface area contributed by atoms with Crippen LogP contribution in [0.3, 0.4) is 0 Å². The van der Waals surface area contributed by atoms with E-state index in [0.29, 0.717) is 12.1 Å². The molecule has 1 aromatic carbocycles. The molecule has 3 heteroatoms. The Morgan fingerprint density at radius 3 is 2.62 bits per heavy atom. The largest absolute Gasteiger partial charge is 0.382 e. The first kappa shape index (κ1) is 11.5. The Hall–Kier alpha value is -0.955. The molecule has 0 bridgehead atoms. The number of hydrogen-bond donors (Lipinski definition) is 2. The van der Waals surface area contributed by atoms with Crippen molar-refractivity contribution in [2.75, 3.05) is 5.32 Å². The van der Waals surface area contributed by atoms with Crippen molar-refractivity contribution < 1.29 is 0 Å². The molecule has 1 aliphatic carbocycles. The van der Waals surface area contributed by atoms with Crippen molar-refractivity contribution in [1.82, 2.24) is 0 Å². The van der Waals surface area contributed by atoms with E-state index in [9.17, 15) is 0 Å². The molecule has 0 unspecified atom stereocenters. The van der Waals surface area contributed by atoms with Crippen LogP contribution in [0.4, 0.5) is 5.69 Å². The molecule has 0 saturated heterocycles. The van der Waals surface area contributed by atoms with Crippen molar-refractivity contribution in [2.24, 2.45) is 5.73 Å². The van der Waals surface area contributed by atoms with Gasteiger partial charge in [-0.05, 0) is 44.2 Å². The van der Waals surface area contributed by atoms with Crippen LogP contribution in [0.5, 0.6) is 0 Å². The lowest BCUT2D eigenvalue weighted by molar-refractivity contribution is 0.411. The maximum Gasteiger partial charge on any atom is 0.113 e. The number of anilines is 1. The second kappa shape index (κ2) is 4.92. The quantitative estimate of drug-likeness (QED) is 0.731. The SMILES string of the molecule is [B]c1ccc(C)c(NC2CCC(N)CC2)c1. The highest BCUT2D eigenvalue weighted by Gasteiger charge is 2.18. The van der Waals surface area contributed by atoms with Gasteiger partial charge in [0.2, 0.25) is 0 Å². The van der Waals surface area contributed by atoms with Crippen LogP contribution in [0.1, 0.15) is 31.2 Å². The molecule has 84 valence electrons. The van der Waals surface area contributed by atoms with Crippen LogP contribution >= 0.6 is 0 Å². The van der Waals surface area contributed by atoms with Gasteiger partial charge in [-0.1, -0.05) is 17.6 Å². The monoisotopic (exact) mass is 214 g/mol. The number of nitrogens with two attached hydrogens (primary N) is 1. The Morgan fingerprint density at radius 2 is 1.94 bits per heavy atom. The van der Waals surface area contributed by atoms with E-state index in [4.69, 9.17) is 13.6 Å². The normalized spacial score (nSPS) is 25.4. The van der Waals surface area contributed by atoms with E-state index in [0.717, 1.165) is 31.1 Å². The lowest BCUT2D eigenvalue weighted by Crippen LogP contribution is -2.33. The van der Waals surface area contributed by atoms with E-state index in [1.54, 1.807) is 0 Å². The van der Waals surface area contributed by atoms with Crippen LogP contribution < -0.4 is 16.5 Å². The molecular weight excluding hydrogens is 195 g/mol. The van der Waals surface area contributed by atoms with Crippen LogP contribution in [0.25, 0.3) is 0 Å². The van der Waals surface area contributed by atoms with Crippen molar-refractivity contribution in [3.63, 3.8) is 0 Å². The highest BCUT2D eigenvalue weighted by molar-refractivity contribution is 6.32. The average molecular weight is 214 g/mol. The Morgan fingerprint density at radius 1 is 1.25 bits per heavy atom. The summed E-state index contributed by atoms with van der Waals surface area (Å²) in [4.78, 5) is 0. The topological polar surface area (TPSA) is 38.0 Å². The summed E-state index contributed by atoms with van der Waals surface area (Å²) in [5, 5.41) is 3.57. The summed E-state index contributed by atoms with van der Waals surface area (Å²) in [6, 6.07) is 6.98. The average Bonchev–Trinajstić information content (AvgIpc) is 2.27. The first-order chi connectivity index (χ1) is 7.65. The number of rotatable bonds is 2. The second-order valence-corrected chi connectivity index (χ2v) is 4.83. The van der Waals surface area contributed by atoms with Gasteiger partial charge in [-0.2, -0.15) is 0 Å². The van der Waals surface area contributed by atoms with Crippen LogP contribution in [-0.2, 0) is 0 Å². The molecule has 2 rings (SSSR count). The Balaban J connectivity index is 2.00. The maximum absolute atomic E-state index is 5.90. The third kappa shape index (κ3) is 2.79. The van der Waals surface area contributed by atoms with Crippen LogP contribution in [0.15, 0.2) is 18.2 Å². The van der Waals surface area contributed by atoms with Crippen molar-refractivity contribution in [2.45, 2.75) is 44.7 Å². The van der Waals surface area contributed by atoms with Gasteiger partial charge < -0.3 is 11.1 Å². The molecule has 0 spiro atoms. The Bertz CT molecular complexity index is 357. The minimum Gasteiger partial charge on any atom is -0.382 e. The van der Waals surface area contributed by atoms with E-state index in [1.807, 2.05) is 12.1 Å². The molecule has 0 heterocycles. The zero-order valence-electron chi connectivity index (χ0n) is 9.87. The fraction of sp³-hybridized carbons (Fsp3) is 0.538. The van der Waals surface area contributed by atoms with E-state index in [-0.39, 0.29) is 0 Å². The number of hydrogen-bond acceptors (Lipinski definition) is 2. The minimum atomic E-state index is 0.403. The Kier molecular flexibility index (Phi) is 3.54. The summed E-state index contributed by atoms with van der Waals surface area (Å²) in [5.41, 5.74) is 9.14. The molecule has 0 atom stereocenters. The summed E-state index contributed by atoms with van der Waals surface area (Å²) in [6.45, 7) is 2.11. The Labute approximate surface area is 99.0 Å². The molecule has 1 saturated carbocycles. The molecule has 0 aromatic heterocycles. The van der Waals surface area contributed by atoms with Gasteiger partial charge in [-0.15, -0.1) is 0 Å². The number of benzene rings is 1. The minimum absolute atomic E-state index is 0.403. The molecule has 0 aliphatic heterocycles. The first-order valence-corrected chi connectivity index (χ1v) is 6.03. The smallest absolute Gasteiger partial charge is 0.113 e. The van der Waals surface area contributed by atoms with Crippen molar-refractivity contribution in [1.29, 1.82) is 0 Å². The van der Waals surface area contributed by atoms with E-state index in [2.05, 4.69) is 18.3 Å². The predicted octanol–water partition coefficient (Wildman–Crippen LogP) is 1.47. The molecule has 0 amide bonds. The van der Waals surface area contributed by atoms with Crippen molar-refractivity contribution >= 4 is 19.0 Å². The fourth-order valence-electron chi connectivity index (χ4n) is 2.28. The molecule has 1 fully saturated rings. The molecule has 16 heavy (non-hydrogen) atoms. The fourth-order valence-corrected chi connectivity index (χ4v) is 2.28. The number of aryl methyl sites for hydroxylation is 1. The standard InChI is InChI=1S/C13H19BN2/c1-9-2-3-10(14)8-13(9)16-12-6-4-11(15)5-7-12/h2-3,8,11-12,16H,4-7,15H2,1H3. The van der Waals surface area contributed by atoms with Gasteiger partial charge in [0.1, 0.15) is 7.85 Å². The van der Waals surface area contributed by atoms with Gasteiger partial charge in [-0.3, -0.25) is 0 Å². The van der Waals surface area contributed by atoms with Gasteiger partial charge in [0.15, 0.2) is 0 Å². The van der Waals surface area contributed by atoms with Crippen LogP contribution in [-0.4, -0.2) is 19.9 Å². The van der Waals surface area contributed by atoms with Crippen LogP contribution in [0.2, 0.25) is 0 Å². The van der Waals surface area contributed by atoms with Crippen molar-refractivity contribution in [3.05, 3.63) is 23.8 Å². The lowest BCUT2D eigenvalue weighted by atomic mass is 9.90.